The molecule has 310 valence electrons. The van der Waals surface area contributed by atoms with E-state index in [-0.39, 0.29) is 31.7 Å². The Labute approximate surface area is 333 Å². The van der Waals surface area contributed by atoms with Gasteiger partial charge in [-0.3, -0.25) is 14.4 Å². The van der Waals surface area contributed by atoms with Crippen LogP contribution in [0.2, 0.25) is 0 Å². The molecule has 3 fully saturated rings. The summed E-state index contributed by atoms with van der Waals surface area (Å²) in [7, 11) is 0. The number of carbonyl (C=O) groups is 4. The van der Waals surface area contributed by atoms with E-state index >= 15 is 0 Å². The molecule has 16 heteroatoms. The largest absolute Gasteiger partial charge is 0.593 e. The molecule has 5 aliphatic rings. The number of fused-ring (bicyclic) bond motifs is 5. The Morgan fingerprint density at radius 2 is 1.89 bits per heavy atom. The molecule has 2 aromatic rings. The molecule has 4 amide bonds. The summed E-state index contributed by atoms with van der Waals surface area (Å²) in [5.74, 6) is -1.66. The summed E-state index contributed by atoms with van der Waals surface area (Å²) in [6.07, 6.45) is 3.60. The molecule has 1 spiro atoms. The molecule has 2 aliphatic carbocycles. The average molecular weight is 816 g/mol. The molecule has 1 unspecified atom stereocenters. The number of alkyl halides is 3. The maximum atomic E-state index is 14.7. The molecule has 4 heterocycles. The van der Waals surface area contributed by atoms with Crippen molar-refractivity contribution in [2.75, 3.05) is 6.54 Å². The number of nitrogens with zero attached hydrogens (tertiary/aromatic N) is 2. The number of aromatic nitrogens is 1. The minimum Gasteiger partial charge on any atom is -0.593 e. The SMILES string of the molecule is CCc1ccc2nc(C)c3c(c2c1)CC[C@]1(C[C@H]2C(=O)N[C@]4(C(=O)N[S+]([O-])C5(C)CC5)C[C@H]4/C=C\CCCCC[C@H](NC(=O)OC(C)(C)C(F)(F)F)C(=O)N2C1)O3. The molecule has 6 atom stereocenters. The van der Waals surface area contributed by atoms with Crippen LogP contribution in [-0.4, -0.2) is 84.5 Å². The van der Waals surface area contributed by atoms with Crippen LogP contribution in [0, 0.1) is 12.8 Å². The molecule has 0 radical (unpaired) electrons. The standard InChI is InChI=1S/C41H52F3N5O7S/c1-6-25-14-15-29-28(20-25)27-16-17-39(55-32(27)24(2)45-29)22-31-33(50)47-40(35(52)48-57(54)38(5)18-19-38)21-26(40)12-10-8-7-9-11-13-30(34(51)49(31)23-39)46-36(53)56-37(3,4)41(42,43)44/h10,12,14-15,20,26,30-31H,6-9,11,13,16-19,21-23H2,1-5H3,(H,46,53)(H,47,50)(H,48,52)/b12-10-/t26-,30+,31+,39-,40-,57?/m1/s1. The lowest BCUT2D eigenvalue weighted by atomic mass is 9.87. The molecule has 57 heavy (non-hydrogen) atoms. The third kappa shape index (κ3) is 8.04. The second-order valence-corrected chi connectivity index (χ2v) is 19.0. The number of rotatable bonds is 6. The van der Waals surface area contributed by atoms with Gasteiger partial charge in [-0.05, 0) is 90.3 Å². The molecule has 3 N–H and O–H groups in total. The van der Waals surface area contributed by atoms with Crippen molar-refractivity contribution in [1.82, 2.24) is 25.2 Å². The van der Waals surface area contributed by atoms with E-state index in [1.807, 2.05) is 38.1 Å². The van der Waals surface area contributed by atoms with Gasteiger partial charge in [0.05, 0.1) is 29.1 Å². The second kappa shape index (κ2) is 15.0. The first-order valence-electron chi connectivity index (χ1n) is 20.0. The molecular formula is C41H52F3N5O7S. The molecule has 1 aromatic carbocycles. The van der Waals surface area contributed by atoms with E-state index in [9.17, 15) is 36.9 Å². The number of ether oxygens (including phenoxy) is 2. The molecule has 2 saturated carbocycles. The van der Waals surface area contributed by atoms with Crippen molar-refractivity contribution in [1.29, 1.82) is 0 Å². The minimum atomic E-state index is -4.87. The predicted molar refractivity (Wildman–Crippen MR) is 206 cm³/mol. The Morgan fingerprint density at radius 1 is 1.14 bits per heavy atom. The summed E-state index contributed by atoms with van der Waals surface area (Å²) in [5, 5.41) is 6.33. The van der Waals surface area contributed by atoms with Gasteiger partial charge in [0.2, 0.25) is 17.4 Å². The van der Waals surface area contributed by atoms with Gasteiger partial charge in [0.25, 0.3) is 5.91 Å². The van der Waals surface area contributed by atoms with Gasteiger partial charge in [0.15, 0.2) is 0 Å². The van der Waals surface area contributed by atoms with Crippen LogP contribution in [0.15, 0.2) is 30.4 Å². The van der Waals surface area contributed by atoms with Crippen molar-refractivity contribution < 1.29 is 46.4 Å². The van der Waals surface area contributed by atoms with E-state index in [0.29, 0.717) is 62.8 Å². The van der Waals surface area contributed by atoms with Gasteiger partial charge in [-0.25, -0.2) is 9.78 Å². The number of hydrogen-bond donors (Lipinski definition) is 3. The van der Waals surface area contributed by atoms with Gasteiger partial charge in [-0.15, -0.1) is 0 Å². The van der Waals surface area contributed by atoms with Crippen LogP contribution in [-0.2, 0) is 43.3 Å². The summed E-state index contributed by atoms with van der Waals surface area (Å²) in [4.78, 5) is 62.5. The van der Waals surface area contributed by atoms with Crippen molar-refractivity contribution in [3.63, 3.8) is 0 Å². The highest BCUT2D eigenvalue weighted by molar-refractivity contribution is 7.91. The lowest BCUT2D eigenvalue weighted by molar-refractivity contribution is -0.244. The highest BCUT2D eigenvalue weighted by Crippen LogP contribution is 2.49. The molecule has 3 aliphatic heterocycles. The molecule has 1 saturated heterocycles. The van der Waals surface area contributed by atoms with Gasteiger partial charge in [-0.1, -0.05) is 38.0 Å². The summed E-state index contributed by atoms with van der Waals surface area (Å²) < 4.78 is 68.0. The van der Waals surface area contributed by atoms with E-state index in [2.05, 4.69) is 28.3 Å². The van der Waals surface area contributed by atoms with Crippen LogP contribution in [0.5, 0.6) is 5.75 Å². The van der Waals surface area contributed by atoms with E-state index in [4.69, 9.17) is 14.5 Å². The number of aryl methyl sites for hydroxylation is 3. The number of allylic oxidation sites excluding steroid dienone is 1. The summed E-state index contributed by atoms with van der Waals surface area (Å²) in [6, 6.07) is 3.63. The van der Waals surface area contributed by atoms with Gasteiger partial charge < -0.3 is 29.6 Å². The van der Waals surface area contributed by atoms with E-state index in [0.717, 1.165) is 42.3 Å². The van der Waals surface area contributed by atoms with Gasteiger partial charge >= 0.3 is 12.3 Å². The highest BCUT2D eigenvalue weighted by atomic mass is 32.2. The Morgan fingerprint density at radius 3 is 2.60 bits per heavy atom. The maximum Gasteiger partial charge on any atom is 0.427 e. The first kappa shape index (κ1) is 41.1. The summed E-state index contributed by atoms with van der Waals surface area (Å²) in [6.45, 7) is 7.13. The Bertz CT molecular complexity index is 1990. The number of carbonyl (C=O) groups excluding carboxylic acids is 4. The average Bonchev–Trinajstić information content (AvgIpc) is 4.04. The third-order valence-electron chi connectivity index (χ3n) is 12.5. The summed E-state index contributed by atoms with van der Waals surface area (Å²) in [5.41, 5.74) is -1.70. The lowest BCUT2D eigenvalue weighted by Crippen LogP contribution is -2.59. The third-order valence-corrected chi connectivity index (χ3v) is 14.2. The highest BCUT2D eigenvalue weighted by Gasteiger charge is 2.64. The smallest absolute Gasteiger partial charge is 0.427 e. The van der Waals surface area contributed by atoms with Crippen LogP contribution in [0.1, 0.15) is 109 Å². The molecular weight excluding hydrogens is 764 g/mol. The number of nitrogens with one attached hydrogen (secondary N) is 3. The van der Waals surface area contributed by atoms with Gasteiger partial charge in [0, 0.05) is 36.1 Å². The first-order chi connectivity index (χ1) is 26.8. The number of alkyl carbamates (subject to hydrolysis) is 1. The zero-order chi connectivity index (χ0) is 41.1. The van der Waals surface area contributed by atoms with E-state index in [1.165, 1.54) is 4.90 Å². The second-order valence-electron chi connectivity index (χ2n) is 17.3. The predicted octanol–water partition coefficient (Wildman–Crippen LogP) is 5.93. The van der Waals surface area contributed by atoms with Crippen molar-refractivity contribution >= 4 is 46.1 Å². The van der Waals surface area contributed by atoms with Crippen LogP contribution in [0.4, 0.5) is 18.0 Å². The first-order valence-corrected chi connectivity index (χ1v) is 21.1. The van der Waals surface area contributed by atoms with E-state index in [1.54, 1.807) is 0 Å². The Kier molecular flexibility index (Phi) is 10.8. The van der Waals surface area contributed by atoms with Gasteiger partial charge in [-0.2, -0.15) is 17.9 Å². The van der Waals surface area contributed by atoms with Crippen LogP contribution in [0.3, 0.4) is 0 Å². The fourth-order valence-electron chi connectivity index (χ4n) is 8.30. The molecule has 1 aromatic heterocycles. The maximum absolute atomic E-state index is 14.7. The Hall–Kier alpha value is -4.05. The molecule has 0 bridgehead atoms. The zero-order valence-electron chi connectivity index (χ0n) is 33.1. The fourth-order valence-corrected chi connectivity index (χ4v) is 9.37. The topological polar surface area (TPSA) is 162 Å². The van der Waals surface area contributed by atoms with Crippen LogP contribution < -0.4 is 20.1 Å². The fraction of sp³-hybridized carbons (Fsp3) is 0.634. The zero-order valence-corrected chi connectivity index (χ0v) is 33.9. The van der Waals surface area contributed by atoms with Crippen molar-refractivity contribution in [2.45, 2.75) is 151 Å². The number of pyridine rings is 1. The Balaban J connectivity index is 1.22. The summed E-state index contributed by atoms with van der Waals surface area (Å²) >= 11 is -1.67. The number of hydrogen-bond acceptors (Lipinski definition) is 8. The normalized spacial score (nSPS) is 29.7. The van der Waals surface area contributed by atoms with Crippen molar-refractivity contribution in [3.8, 4) is 5.75 Å². The monoisotopic (exact) mass is 815 g/mol. The van der Waals surface area contributed by atoms with Crippen molar-refractivity contribution in [2.24, 2.45) is 5.92 Å². The van der Waals surface area contributed by atoms with Crippen molar-refractivity contribution in [3.05, 3.63) is 47.2 Å². The minimum absolute atomic E-state index is 0.0387. The van der Waals surface area contributed by atoms with E-state index < -0.39 is 74.9 Å². The lowest BCUT2D eigenvalue weighted by Gasteiger charge is -2.37. The number of benzene rings is 1. The van der Waals surface area contributed by atoms with Crippen LogP contribution in [0.25, 0.3) is 10.9 Å². The molecule has 12 nitrogen and oxygen atoms in total. The quantitative estimate of drug-likeness (QED) is 0.239. The van der Waals surface area contributed by atoms with Gasteiger partial charge in [0.1, 0.15) is 33.7 Å². The molecule has 7 rings (SSSR count). The number of halogens is 3. The number of amides is 4. The van der Waals surface area contributed by atoms with Crippen LogP contribution >= 0.6 is 0 Å².